The van der Waals surface area contributed by atoms with Crippen LogP contribution in [0.1, 0.15) is 30.0 Å². The Kier molecular flexibility index (Phi) is 1.23. The third kappa shape index (κ3) is 0.919. The summed E-state index contributed by atoms with van der Waals surface area (Å²) in [6.07, 6.45) is 4.46. The number of hydrogen-bond donors (Lipinski definition) is 0. The Bertz CT molecular complexity index is 238. The Morgan fingerprint density at radius 3 is 2.90 bits per heavy atom. The van der Waals surface area contributed by atoms with Crippen molar-refractivity contribution < 1.29 is 0 Å². The van der Waals surface area contributed by atoms with Gasteiger partial charge in [0.05, 0.1) is 0 Å². The predicted molar refractivity (Wildman–Crippen MR) is 40.7 cm³/mol. The molecule has 1 aliphatic carbocycles. The van der Waals surface area contributed by atoms with Gasteiger partial charge in [-0.05, 0) is 37.3 Å². The first kappa shape index (κ1) is 5.90. The van der Waals surface area contributed by atoms with E-state index in [4.69, 9.17) is 0 Å². The lowest BCUT2D eigenvalue weighted by atomic mass is 10.1. The van der Waals surface area contributed by atoms with E-state index in [1.807, 2.05) is 6.07 Å². The van der Waals surface area contributed by atoms with Crippen molar-refractivity contribution in [2.45, 2.75) is 18.8 Å². The molecule has 2 rings (SSSR count). The number of aromatic nitrogens is 1. The molecule has 0 N–H and O–H groups in total. The topological polar surface area (TPSA) is 12.9 Å². The van der Waals surface area contributed by atoms with E-state index in [2.05, 4.69) is 18.0 Å². The lowest BCUT2D eigenvalue weighted by Crippen LogP contribution is -1.87. The zero-order chi connectivity index (χ0) is 6.97. The summed E-state index contributed by atoms with van der Waals surface area (Å²) in [4.78, 5) is 4.13. The second-order valence-corrected chi connectivity index (χ2v) is 2.81. The molecule has 1 radical (unpaired) electrons. The lowest BCUT2D eigenvalue weighted by Gasteiger charge is -1.99. The maximum absolute atomic E-state index is 4.13. The van der Waals surface area contributed by atoms with Gasteiger partial charge in [0.1, 0.15) is 0 Å². The van der Waals surface area contributed by atoms with Crippen molar-refractivity contribution in [1.29, 1.82) is 0 Å². The number of hydrogen-bond acceptors (Lipinski definition) is 1. The SMILES string of the molecule is [CH2]c1ncccc1C1CC1. The Labute approximate surface area is 61.1 Å². The molecule has 51 valence electrons. The molecule has 1 fully saturated rings. The lowest BCUT2D eigenvalue weighted by molar-refractivity contribution is 1.07. The highest BCUT2D eigenvalue weighted by Crippen LogP contribution is 2.40. The summed E-state index contributed by atoms with van der Waals surface area (Å²) in [6.45, 7) is 3.87. The average Bonchev–Trinajstić information content (AvgIpc) is 2.71. The third-order valence-corrected chi connectivity index (χ3v) is 1.94. The molecule has 0 atom stereocenters. The first-order valence-corrected chi connectivity index (χ1v) is 3.65. The molecule has 1 heteroatoms. The van der Waals surface area contributed by atoms with Crippen molar-refractivity contribution in [3.05, 3.63) is 36.5 Å². The monoisotopic (exact) mass is 132 g/mol. The summed E-state index contributed by atoms with van der Waals surface area (Å²) < 4.78 is 0. The minimum Gasteiger partial charge on any atom is -0.261 e. The molecule has 0 saturated heterocycles. The largest absolute Gasteiger partial charge is 0.261 e. The third-order valence-electron chi connectivity index (χ3n) is 1.94. The molecule has 10 heavy (non-hydrogen) atoms. The van der Waals surface area contributed by atoms with Crippen LogP contribution in [0.25, 0.3) is 0 Å². The molecule has 0 spiro atoms. The van der Waals surface area contributed by atoms with E-state index in [1.165, 1.54) is 18.4 Å². The standard InChI is InChI=1S/C9H10N/c1-7-9(8-4-5-8)3-2-6-10-7/h2-3,6,8H,1,4-5H2. The Balaban J connectivity index is 2.39. The highest BCUT2D eigenvalue weighted by atomic mass is 14.7. The van der Waals surface area contributed by atoms with Crippen LogP contribution in [0.5, 0.6) is 0 Å². The Morgan fingerprint density at radius 2 is 2.30 bits per heavy atom. The van der Waals surface area contributed by atoms with E-state index in [0.29, 0.717) is 0 Å². The highest BCUT2D eigenvalue weighted by molar-refractivity contribution is 5.29. The molecule has 1 aliphatic rings. The summed E-state index contributed by atoms with van der Waals surface area (Å²) in [5, 5.41) is 0. The molecule has 1 saturated carbocycles. The molecule has 0 amide bonds. The van der Waals surface area contributed by atoms with Crippen LogP contribution in [-0.2, 0) is 0 Å². The van der Waals surface area contributed by atoms with Crippen molar-refractivity contribution in [2.75, 3.05) is 0 Å². The maximum atomic E-state index is 4.13. The Morgan fingerprint density at radius 1 is 1.50 bits per heavy atom. The van der Waals surface area contributed by atoms with Crippen LogP contribution in [0.3, 0.4) is 0 Å². The zero-order valence-electron chi connectivity index (χ0n) is 5.88. The van der Waals surface area contributed by atoms with Gasteiger partial charge < -0.3 is 0 Å². The second-order valence-electron chi connectivity index (χ2n) is 2.81. The van der Waals surface area contributed by atoms with Gasteiger partial charge >= 0.3 is 0 Å². The van der Waals surface area contributed by atoms with E-state index in [9.17, 15) is 0 Å². The fourth-order valence-corrected chi connectivity index (χ4v) is 1.22. The average molecular weight is 132 g/mol. The van der Waals surface area contributed by atoms with Gasteiger partial charge in [-0.3, -0.25) is 4.98 Å². The van der Waals surface area contributed by atoms with Crippen molar-refractivity contribution >= 4 is 0 Å². The van der Waals surface area contributed by atoms with Gasteiger partial charge in [0.25, 0.3) is 0 Å². The van der Waals surface area contributed by atoms with Gasteiger partial charge in [0.2, 0.25) is 0 Å². The molecular weight excluding hydrogens is 122 g/mol. The molecule has 1 heterocycles. The molecule has 0 unspecified atom stereocenters. The van der Waals surface area contributed by atoms with Gasteiger partial charge in [0.15, 0.2) is 0 Å². The summed E-state index contributed by atoms with van der Waals surface area (Å²) in [5.74, 6) is 0.779. The van der Waals surface area contributed by atoms with Crippen molar-refractivity contribution in [3.8, 4) is 0 Å². The number of pyridine rings is 1. The second kappa shape index (κ2) is 2.08. The van der Waals surface area contributed by atoms with Crippen LogP contribution in [0.4, 0.5) is 0 Å². The van der Waals surface area contributed by atoms with Crippen LogP contribution in [0.15, 0.2) is 18.3 Å². The minimum atomic E-state index is 0.779. The van der Waals surface area contributed by atoms with E-state index in [-0.39, 0.29) is 0 Å². The molecule has 0 aromatic carbocycles. The normalized spacial score (nSPS) is 17.3. The molecular formula is C9H10N. The number of nitrogens with zero attached hydrogens (tertiary/aromatic N) is 1. The summed E-state index contributed by atoms with van der Waals surface area (Å²) in [7, 11) is 0. The molecule has 1 nitrogen and oxygen atoms in total. The summed E-state index contributed by atoms with van der Waals surface area (Å²) >= 11 is 0. The summed E-state index contributed by atoms with van der Waals surface area (Å²) in [5.41, 5.74) is 2.31. The highest BCUT2D eigenvalue weighted by Gasteiger charge is 2.24. The van der Waals surface area contributed by atoms with Crippen LogP contribution in [0, 0.1) is 6.92 Å². The Hall–Kier alpha value is -0.850. The van der Waals surface area contributed by atoms with Crippen LogP contribution < -0.4 is 0 Å². The molecule has 0 bridgehead atoms. The first-order valence-electron chi connectivity index (χ1n) is 3.65. The van der Waals surface area contributed by atoms with E-state index < -0.39 is 0 Å². The first-order chi connectivity index (χ1) is 4.88. The van der Waals surface area contributed by atoms with Crippen LogP contribution >= 0.6 is 0 Å². The van der Waals surface area contributed by atoms with E-state index in [0.717, 1.165) is 11.6 Å². The minimum absolute atomic E-state index is 0.779. The van der Waals surface area contributed by atoms with Crippen molar-refractivity contribution in [1.82, 2.24) is 4.98 Å². The fraction of sp³-hybridized carbons (Fsp3) is 0.333. The molecule has 1 aromatic heterocycles. The smallest absolute Gasteiger partial charge is 0.0442 e. The van der Waals surface area contributed by atoms with Crippen molar-refractivity contribution in [2.24, 2.45) is 0 Å². The van der Waals surface area contributed by atoms with Gasteiger partial charge in [-0.1, -0.05) is 6.07 Å². The quantitative estimate of drug-likeness (QED) is 0.570. The molecule has 1 aromatic rings. The van der Waals surface area contributed by atoms with Crippen molar-refractivity contribution in [3.63, 3.8) is 0 Å². The zero-order valence-corrected chi connectivity index (χ0v) is 5.88. The van der Waals surface area contributed by atoms with Crippen LogP contribution in [0.2, 0.25) is 0 Å². The van der Waals surface area contributed by atoms with Gasteiger partial charge in [-0.15, -0.1) is 0 Å². The number of rotatable bonds is 1. The maximum Gasteiger partial charge on any atom is 0.0442 e. The fourth-order valence-electron chi connectivity index (χ4n) is 1.22. The van der Waals surface area contributed by atoms with E-state index >= 15 is 0 Å². The van der Waals surface area contributed by atoms with Gasteiger partial charge in [-0.25, -0.2) is 0 Å². The summed E-state index contributed by atoms with van der Waals surface area (Å²) in [6, 6.07) is 4.12. The van der Waals surface area contributed by atoms with Gasteiger partial charge in [0, 0.05) is 11.9 Å². The van der Waals surface area contributed by atoms with E-state index in [1.54, 1.807) is 6.20 Å². The molecule has 0 aliphatic heterocycles. The van der Waals surface area contributed by atoms with Crippen LogP contribution in [-0.4, -0.2) is 4.98 Å². The predicted octanol–water partition coefficient (Wildman–Crippen LogP) is 2.14. The van der Waals surface area contributed by atoms with Gasteiger partial charge in [-0.2, -0.15) is 0 Å².